The number of allylic oxidation sites excluding steroid dienone is 1. The van der Waals surface area contributed by atoms with E-state index in [2.05, 4.69) is 6.58 Å². The van der Waals surface area contributed by atoms with Crippen LogP contribution in [0.5, 0.6) is 0 Å². The average molecular weight is 130 g/mol. The fraction of sp³-hybridized carbons (Fsp3) is 0.571. The Kier molecular flexibility index (Phi) is 12.6. The van der Waals surface area contributed by atoms with E-state index in [9.17, 15) is 4.79 Å². The minimum atomic E-state index is -0.711. The molecule has 0 saturated carbocycles. The van der Waals surface area contributed by atoms with Crippen LogP contribution in [-0.4, -0.2) is 11.1 Å². The van der Waals surface area contributed by atoms with Crippen LogP contribution < -0.4 is 0 Å². The summed E-state index contributed by atoms with van der Waals surface area (Å²) in [4.78, 5) is 9.60. The fourth-order valence-corrected chi connectivity index (χ4v) is 0.214. The fourth-order valence-electron chi connectivity index (χ4n) is 0.214. The van der Waals surface area contributed by atoms with Gasteiger partial charge in [-0.15, -0.1) is 6.58 Å². The molecule has 0 saturated heterocycles. The lowest BCUT2D eigenvalue weighted by atomic mass is 10.4. The van der Waals surface area contributed by atoms with E-state index in [0.717, 1.165) is 6.42 Å². The summed E-state index contributed by atoms with van der Waals surface area (Å²) < 4.78 is 0. The SMILES string of the molecule is C=CC.CCCC(=O)O. The van der Waals surface area contributed by atoms with Crippen molar-refractivity contribution in [3.05, 3.63) is 12.7 Å². The monoisotopic (exact) mass is 130 g/mol. The summed E-state index contributed by atoms with van der Waals surface area (Å²) in [6.07, 6.45) is 2.77. The summed E-state index contributed by atoms with van der Waals surface area (Å²) in [6, 6.07) is 0. The highest BCUT2D eigenvalue weighted by Crippen LogP contribution is 1.82. The number of carbonyl (C=O) groups is 1. The summed E-state index contributed by atoms with van der Waals surface area (Å²) in [7, 11) is 0. The van der Waals surface area contributed by atoms with Crippen LogP contribution in [0.25, 0.3) is 0 Å². The summed E-state index contributed by atoms with van der Waals surface area (Å²) >= 11 is 0. The molecule has 9 heavy (non-hydrogen) atoms. The zero-order valence-corrected chi connectivity index (χ0v) is 6.05. The van der Waals surface area contributed by atoms with E-state index in [1.807, 2.05) is 13.8 Å². The van der Waals surface area contributed by atoms with Gasteiger partial charge in [-0.3, -0.25) is 4.79 Å². The second-order valence-electron chi connectivity index (χ2n) is 1.55. The van der Waals surface area contributed by atoms with Crippen LogP contribution in [0.3, 0.4) is 0 Å². The Bertz CT molecular complexity index is 77.0. The van der Waals surface area contributed by atoms with Crippen LogP contribution in [0.2, 0.25) is 0 Å². The van der Waals surface area contributed by atoms with E-state index in [1.54, 1.807) is 6.08 Å². The standard InChI is InChI=1S/C4H8O2.C3H6/c1-2-3-4(5)6;1-3-2/h2-3H2,1H3,(H,5,6);3H,1H2,2H3. The lowest BCUT2D eigenvalue weighted by molar-refractivity contribution is -0.137. The van der Waals surface area contributed by atoms with Crippen LogP contribution in [0.4, 0.5) is 0 Å². The Balaban J connectivity index is 0. The molecule has 1 N–H and O–H groups in total. The number of carboxylic acid groups (broad SMARTS) is 1. The number of aliphatic carboxylic acids is 1. The van der Waals surface area contributed by atoms with Gasteiger partial charge in [0.1, 0.15) is 0 Å². The number of carboxylic acids is 1. The molecular weight excluding hydrogens is 116 g/mol. The molecule has 0 amide bonds. The molecule has 0 aliphatic carbocycles. The molecule has 0 unspecified atom stereocenters. The van der Waals surface area contributed by atoms with Gasteiger partial charge in [0.05, 0.1) is 0 Å². The minimum absolute atomic E-state index is 0.292. The van der Waals surface area contributed by atoms with Gasteiger partial charge in [-0.05, 0) is 13.3 Å². The quantitative estimate of drug-likeness (QED) is 0.581. The Hall–Kier alpha value is -0.790. The van der Waals surface area contributed by atoms with E-state index in [4.69, 9.17) is 5.11 Å². The highest BCUT2D eigenvalue weighted by atomic mass is 16.4. The zero-order chi connectivity index (χ0) is 7.70. The van der Waals surface area contributed by atoms with Crippen LogP contribution >= 0.6 is 0 Å². The molecule has 0 aromatic rings. The maximum atomic E-state index is 9.60. The predicted molar refractivity (Wildman–Crippen MR) is 38.4 cm³/mol. The molecule has 0 atom stereocenters. The molecule has 0 aliphatic rings. The number of hydrogen-bond acceptors (Lipinski definition) is 1. The molecule has 0 radical (unpaired) electrons. The van der Waals surface area contributed by atoms with Crippen molar-refractivity contribution >= 4 is 5.97 Å². The van der Waals surface area contributed by atoms with Crippen molar-refractivity contribution in [2.24, 2.45) is 0 Å². The van der Waals surface area contributed by atoms with Crippen LogP contribution in [0.15, 0.2) is 12.7 Å². The van der Waals surface area contributed by atoms with Gasteiger partial charge in [-0.2, -0.15) is 0 Å². The van der Waals surface area contributed by atoms with Crippen LogP contribution in [0, 0.1) is 0 Å². The maximum absolute atomic E-state index is 9.60. The minimum Gasteiger partial charge on any atom is -0.481 e. The van der Waals surface area contributed by atoms with Crippen molar-refractivity contribution in [3.8, 4) is 0 Å². The van der Waals surface area contributed by atoms with Gasteiger partial charge >= 0.3 is 5.97 Å². The van der Waals surface area contributed by atoms with Gasteiger partial charge in [0.2, 0.25) is 0 Å². The first-order chi connectivity index (χ1) is 4.18. The number of hydrogen-bond donors (Lipinski definition) is 1. The Morgan fingerprint density at radius 1 is 1.78 bits per heavy atom. The molecule has 0 aliphatic heterocycles. The maximum Gasteiger partial charge on any atom is 0.303 e. The molecule has 0 spiro atoms. The highest BCUT2D eigenvalue weighted by molar-refractivity contribution is 5.66. The topological polar surface area (TPSA) is 37.3 Å². The van der Waals surface area contributed by atoms with E-state index in [1.165, 1.54) is 0 Å². The van der Waals surface area contributed by atoms with E-state index in [-0.39, 0.29) is 0 Å². The summed E-state index contributed by atoms with van der Waals surface area (Å²) in [6.45, 7) is 7.09. The second kappa shape index (κ2) is 10.2. The largest absolute Gasteiger partial charge is 0.481 e. The number of rotatable bonds is 2. The van der Waals surface area contributed by atoms with Gasteiger partial charge in [0.15, 0.2) is 0 Å². The molecule has 0 fully saturated rings. The van der Waals surface area contributed by atoms with E-state index >= 15 is 0 Å². The first kappa shape index (κ1) is 11.1. The summed E-state index contributed by atoms with van der Waals surface area (Å²) in [5.41, 5.74) is 0. The smallest absolute Gasteiger partial charge is 0.303 e. The molecule has 0 aromatic carbocycles. The van der Waals surface area contributed by atoms with Gasteiger partial charge in [-0.1, -0.05) is 13.0 Å². The molecule has 2 nitrogen and oxygen atoms in total. The lowest BCUT2D eigenvalue weighted by Gasteiger charge is -1.79. The van der Waals surface area contributed by atoms with Gasteiger partial charge < -0.3 is 5.11 Å². The van der Waals surface area contributed by atoms with Crippen molar-refractivity contribution in [1.82, 2.24) is 0 Å². The van der Waals surface area contributed by atoms with Gasteiger partial charge in [0, 0.05) is 6.42 Å². The third-order valence-corrected chi connectivity index (χ3v) is 0.464. The predicted octanol–water partition coefficient (Wildman–Crippen LogP) is 2.06. The Labute approximate surface area is 56.2 Å². The molecular formula is C7H14O2. The third kappa shape index (κ3) is 40.1. The second-order valence-corrected chi connectivity index (χ2v) is 1.55. The molecule has 0 heterocycles. The lowest BCUT2D eigenvalue weighted by Crippen LogP contribution is -1.90. The highest BCUT2D eigenvalue weighted by Gasteiger charge is 1.87. The summed E-state index contributed by atoms with van der Waals surface area (Å²) in [5, 5.41) is 7.91. The normalized spacial score (nSPS) is 6.89. The van der Waals surface area contributed by atoms with Crippen molar-refractivity contribution in [2.75, 3.05) is 0 Å². The van der Waals surface area contributed by atoms with Crippen molar-refractivity contribution in [1.29, 1.82) is 0 Å². The van der Waals surface area contributed by atoms with Crippen molar-refractivity contribution in [3.63, 3.8) is 0 Å². The van der Waals surface area contributed by atoms with Gasteiger partial charge in [-0.25, -0.2) is 0 Å². The Morgan fingerprint density at radius 3 is 2.11 bits per heavy atom. The van der Waals surface area contributed by atoms with Crippen LogP contribution in [-0.2, 0) is 4.79 Å². The zero-order valence-electron chi connectivity index (χ0n) is 6.05. The molecule has 2 heteroatoms. The van der Waals surface area contributed by atoms with Crippen LogP contribution in [0.1, 0.15) is 26.7 Å². The first-order valence-corrected chi connectivity index (χ1v) is 2.97. The van der Waals surface area contributed by atoms with Crippen molar-refractivity contribution < 1.29 is 9.90 Å². The Morgan fingerprint density at radius 2 is 2.11 bits per heavy atom. The van der Waals surface area contributed by atoms with E-state index in [0.29, 0.717) is 6.42 Å². The summed E-state index contributed by atoms with van der Waals surface area (Å²) in [5.74, 6) is -0.711. The molecule has 0 aromatic heterocycles. The van der Waals surface area contributed by atoms with E-state index < -0.39 is 5.97 Å². The molecule has 54 valence electrons. The molecule has 0 bridgehead atoms. The third-order valence-electron chi connectivity index (χ3n) is 0.464. The van der Waals surface area contributed by atoms with Gasteiger partial charge in [0.25, 0.3) is 0 Å². The molecule has 0 rings (SSSR count). The average Bonchev–Trinajstić information content (AvgIpc) is 1.67. The first-order valence-electron chi connectivity index (χ1n) is 2.97. The van der Waals surface area contributed by atoms with Crippen molar-refractivity contribution in [2.45, 2.75) is 26.7 Å².